The lowest BCUT2D eigenvalue weighted by molar-refractivity contribution is 0.0235. The van der Waals surface area contributed by atoms with Crippen molar-refractivity contribution in [1.82, 2.24) is 0 Å². The van der Waals surface area contributed by atoms with Crippen LogP contribution >= 0.6 is 7.82 Å². The van der Waals surface area contributed by atoms with E-state index < -0.39 is 7.82 Å². The van der Waals surface area contributed by atoms with E-state index in [-0.39, 0.29) is 12.7 Å². The van der Waals surface area contributed by atoms with E-state index in [4.69, 9.17) is 19.3 Å². The molecule has 33 heavy (non-hydrogen) atoms. The Morgan fingerprint density at radius 1 is 0.697 bits per heavy atom. The number of ether oxygens (including phenoxy) is 2. The summed E-state index contributed by atoms with van der Waals surface area (Å²) in [6.07, 6.45) is 10.5. The number of para-hydroxylation sites is 1. The maximum absolute atomic E-state index is 10.8. The van der Waals surface area contributed by atoms with E-state index in [0.717, 1.165) is 43.6 Å². The molecular weight excluding hydrogens is 439 g/mol. The Bertz CT molecular complexity index is 765. The molecule has 0 fully saturated rings. The van der Waals surface area contributed by atoms with Crippen LogP contribution in [-0.4, -0.2) is 29.1 Å². The molecule has 0 aliphatic heterocycles. The fourth-order valence-corrected chi connectivity index (χ4v) is 4.03. The van der Waals surface area contributed by atoms with Crippen molar-refractivity contribution in [2.75, 3.05) is 13.2 Å². The number of unbranched alkanes of at least 4 members (excludes halogenated alkanes) is 6. The molecule has 0 spiro atoms. The first kappa shape index (κ1) is 27.6. The second kappa shape index (κ2) is 16.9. The highest BCUT2D eigenvalue weighted by Gasteiger charge is 2.15. The summed E-state index contributed by atoms with van der Waals surface area (Å²) in [5.74, 6) is 0.940. The van der Waals surface area contributed by atoms with Crippen LogP contribution in [0.1, 0.15) is 69.8 Å². The van der Waals surface area contributed by atoms with Gasteiger partial charge in [0.1, 0.15) is 5.75 Å². The maximum Gasteiger partial charge on any atom is 0.469 e. The van der Waals surface area contributed by atoms with Gasteiger partial charge in [-0.2, -0.15) is 0 Å². The molecule has 0 saturated heterocycles. The van der Waals surface area contributed by atoms with Gasteiger partial charge in [-0.3, -0.25) is 4.52 Å². The van der Waals surface area contributed by atoms with E-state index in [2.05, 4.69) is 4.52 Å². The maximum atomic E-state index is 10.8. The van der Waals surface area contributed by atoms with Crippen molar-refractivity contribution in [2.45, 2.75) is 76.9 Å². The van der Waals surface area contributed by atoms with Crippen molar-refractivity contribution >= 4 is 7.82 Å². The molecule has 0 aromatic heterocycles. The zero-order valence-corrected chi connectivity index (χ0v) is 20.4. The Morgan fingerprint density at radius 2 is 1.27 bits per heavy atom. The fraction of sp³-hybridized carbons (Fsp3) is 0.538. The molecule has 0 bridgehead atoms. The van der Waals surface area contributed by atoms with Crippen LogP contribution < -0.4 is 4.74 Å². The van der Waals surface area contributed by atoms with Crippen LogP contribution in [0, 0.1) is 0 Å². The van der Waals surface area contributed by atoms with E-state index in [1.807, 2.05) is 60.7 Å². The number of phosphoric acid groups is 1. The van der Waals surface area contributed by atoms with E-state index in [9.17, 15) is 4.57 Å². The lowest BCUT2D eigenvalue weighted by Gasteiger charge is -2.18. The zero-order valence-electron chi connectivity index (χ0n) is 19.5. The van der Waals surface area contributed by atoms with E-state index in [0.29, 0.717) is 13.0 Å². The average molecular weight is 479 g/mol. The summed E-state index contributed by atoms with van der Waals surface area (Å²) in [4.78, 5) is 17.7. The fourth-order valence-electron chi connectivity index (χ4n) is 3.66. The molecule has 0 aliphatic carbocycles. The summed E-state index contributed by atoms with van der Waals surface area (Å²) in [5, 5.41) is 0. The summed E-state index contributed by atoms with van der Waals surface area (Å²) in [6.45, 7) is 1.37. The largest absolute Gasteiger partial charge is 0.494 e. The summed E-state index contributed by atoms with van der Waals surface area (Å²) in [5.41, 5.74) is 1.13. The molecule has 1 atom stereocenters. The number of hydrogen-bond donors (Lipinski definition) is 2. The normalized spacial score (nSPS) is 12.5. The molecule has 2 aromatic carbocycles. The molecule has 0 saturated carbocycles. The second-order valence-corrected chi connectivity index (χ2v) is 9.55. The molecule has 1 unspecified atom stereocenters. The molecule has 2 aromatic rings. The average Bonchev–Trinajstić information content (AvgIpc) is 2.81. The van der Waals surface area contributed by atoms with Gasteiger partial charge in [-0.05, 0) is 43.4 Å². The molecular formula is C26H39O6P. The molecule has 184 valence electrons. The molecule has 0 aliphatic rings. The van der Waals surface area contributed by atoms with Crippen LogP contribution in [0.5, 0.6) is 5.75 Å². The molecule has 0 heterocycles. The Kier molecular flexibility index (Phi) is 14.1. The second-order valence-electron chi connectivity index (χ2n) is 8.31. The first-order valence-corrected chi connectivity index (χ1v) is 13.6. The van der Waals surface area contributed by atoms with Crippen molar-refractivity contribution in [1.29, 1.82) is 0 Å². The number of benzene rings is 2. The van der Waals surface area contributed by atoms with Crippen molar-refractivity contribution < 1.29 is 28.3 Å². The lowest BCUT2D eigenvalue weighted by Crippen LogP contribution is -2.14. The SMILES string of the molecule is O=P(O)(O)OCCCC(CCCCCCCCCOc1ccccc1)OCc1ccccc1. The van der Waals surface area contributed by atoms with Gasteiger partial charge in [-0.15, -0.1) is 0 Å². The van der Waals surface area contributed by atoms with Gasteiger partial charge in [0.25, 0.3) is 0 Å². The lowest BCUT2D eigenvalue weighted by atomic mass is 10.0. The first-order chi connectivity index (χ1) is 16.0. The van der Waals surface area contributed by atoms with Crippen molar-refractivity contribution in [3.63, 3.8) is 0 Å². The van der Waals surface area contributed by atoms with Crippen LogP contribution in [0.3, 0.4) is 0 Å². The third-order valence-corrected chi connectivity index (χ3v) is 5.96. The number of rotatable bonds is 19. The highest BCUT2D eigenvalue weighted by atomic mass is 31.2. The smallest absolute Gasteiger partial charge is 0.469 e. The van der Waals surface area contributed by atoms with Gasteiger partial charge in [0.2, 0.25) is 0 Å². The third-order valence-electron chi connectivity index (χ3n) is 5.44. The monoisotopic (exact) mass is 478 g/mol. The predicted octanol–water partition coefficient (Wildman–Crippen LogP) is 6.66. The van der Waals surface area contributed by atoms with Crippen molar-refractivity contribution in [2.24, 2.45) is 0 Å². The Labute approximate surface area is 198 Å². The summed E-state index contributed by atoms with van der Waals surface area (Å²) in [7, 11) is -4.40. The predicted molar refractivity (Wildman–Crippen MR) is 131 cm³/mol. The highest BCUT2D eigenvalue weighted by Crippen LogP contribution is 2.35. The van der Waals surface area contributed by atoms with Gasteiger partial charge in [0, 0.05) is 0 Å². The summed E-state index contributed by atoms with van der Waals surface area (Å²) < 4.78 is 27.2. The van der Waals surface area contributed by atoms with Crippen molar-refractivity contribution in [3.05, 3.63) is 66.2 Å². The molecule has 0 amide bonds. The van der Waals surface area contributed by atoms with Crippen LogP contribution in [-0.2, 0) is 20.4 Å². The Morgan fingerprint density at radius 3 is 1.94 bits per heavy atom. The molecule has 0 radical (unpaired) electrons. The standard InChI is InChI=1S/C26H39O6P/c27-33(28,29)32-22-14-20-26(31-23-24-15-8-6-9-16-24)19-10-4-2-1-3-5-13-21-30-25-17-11-7-12-18-25/h6-9,11-12,15-18,26H,1-5,10,13-14,19-23H2,(H2,27,28,29). The number of phosphoric ester groups is 1. The molecule has 2 rings (SSSR count). The minimum absolute atomic E-state index is 0.0451. The van der Waals surface area contributed by atoms with Gasteiger partial charge < -0.3 is 19.3 Å². The quantitative estimate of drug-likeness (QED) is 0.173. The molecule has 7 heteroatoms. The van der Waals surface area contributed by atoms with Crippen LogP contribution in [0.25, 0.3) is 0 Å². The first-order valence-electron chi connectivity index (χ1n) is 12.1. The van der Waals surface area contributed by atoms with Crippen LogP contribution in [0.2, 0.25) is 0 Å². The van der Waals surface area contributed by atoms with E-state index in [1.54, 1.807) is 0 Å². The zero-order chi connectivity index (χ0) is 23.6. The van der Waals surface area contributed by atoms with Crippen LogP contribution in [0.15, 0.2) is 60.7 Å². The van der Waals surface area contributed by atoms with E-state index >= 15 is 0 Å². The Balaban J connectivity index is 1.54. The van der Waals surface area contributed by atoms with E-state index in [1.165, 1.54) is 32.1 Å². The minimum atomic E-state index is -4.40. The van der Waals surface area contributed by atoms with Gasteiger partial charge in [0.05, 0.1) is 25.9 Å². The van der Waals surface area contributed by atoms with Gasteiger partial charge in [-0.1, -0.05) is 87.1 Å². The van der Waals surface area contributed by atoms with Gasteiger partial charge in [-0.25, -0.2) is 4.57 Å². The molecule has 2 N–H and O–H groups in total. The third kappa shape index (κ3) is 14.9. The van der Waals surface area contributed by atoms with Gasteiger partial charge >= 0.3 is 7.82 Å². The molecule has 6 nitrogen and oxygen atoms in total. The Hall–Kier alpha value is -1.69. The number of hydrogen-bond acceptors (Lipinski definition) is 4. The highest BCUT2D eigenvalue weighted by molar-refractivity contribution is 7.46. The van der Waals surface area contributed by atoms with Gasteiger partial charge in [0.15, 0.2) is 0 Å². The summed E-state index contributed by atoms with van der Waals surface area (Å²) >= 11 is 0. The minimum Gasteiger partial charge on any atom is -0.494 e. The van der Waals surface area contributed by atoms with Crippen LogP contribution in [0.4, 0.5) is 0 Å². The topological polar surface area (TPSA) is 85.2 Å². The van der Waals surface area contributed by atoms with Crippen molar-refractivity contribution in [3.8, 4) is 5.75 Å². The summed E-state index contributed by atoms with van der Waals surface area (Å²) in [6, 6.07) is 20.0.